The SMILES string of the molecule is CC(C)(C)C#CC=CC[N+]1(C)CC=[C]C=C1/C=C/c1cccc(-c2ccsc2)c1. The summed E-state index contributed by atoms with van der Waals surface area (Å²) < 4.78 is 0.821. The third-order valence-corrected chi connectivity index (χ3v) is 5.49. The molecule has 1 nitrogen and oxygen atoms in total. The first-order valence-corrected chi connectivity index (χ1v) is 10.9. The van der Waals surface area contributed by atoms with Gasteiger partial charge in [0.15, 0.2) is 0 Å². The lowest BCUT2D eigenvalue weighted by Gasteiger charge is -2.34. The van der Waals surface area contributed by atoms with Crippen LogP contribution in [0.1, 0.15) is 26.3 Å². The molecular formula is C27H29NS+. The summed E-state index contributed by atoms with van der Waals surface area (Å²) in [6.07, 6.45) is 16.1. The van der Waals surface area contributed by atoms with E-state index in [0.717, 1.165) is 17.6 Å². The summed E-state index contributed by atoms with van der Waals surface area (Å²) in [5.74, 6) is 6.43. The molecule has 2 aromatic rings. The van der Waals surface area contributed by atoms with E-state index in [1.165, 1.54) is 22.4 Å². The molecule has 1 aromatic carbocycles. The molecule has 1 atom stereocenters. The summed E-state index contributed by atoms with van der Waals surface area (Å²) in [6.45, 7) is 8.23. The van der Waals surface area contributed by atoms with Crippen LogP contribution in [0, 0.1) is 23.3 Å². The van der Waals surface area contributed by atoms with Gasteiger partial charge in [-0.25, -0.2) is 0 Å². The fraction of sp³-hybridized carbons (Fsp3) is 0.259. The summed E-state index contributed by atoms with van der Waals surface area (Å²) in [4.78, 5) is 0. The van der Waals surface area contributed by atoms with E-state index in [1.54, 1.807) is 11.3 Å². The Kier molecular flexibility index (Phi) is 6.75. The van der Waals surface area contributed by atoms with Crippen molar-refractivity contribution in [2.45, 2.75) is 20.8 Å². The molecule has 1 aliphatic rings. The maximum Gasteiger partial charge on any atom is 0.133 e. The number of allylic oxidation sites excluding steroid dienone is 4. The smallest absolute Gasteiger partial charge is 0.133 e. The lowest BCUT2D eigenvalue weighted by atomic mass is 9.98. The van der Waals surface area contributed by atoms with E-state index < -0.39 is 0 Å². The molecule has 0 saturated heterocycles. The average Bonchev–Trinajstić information content (AvgIpc) is 3.21. The molecule has 1 aromatic heterocycles. The van der Waals surface area contributed by atoms with E-state index in [-0.39, 0.29) is 5.41 Å². The van der Waals surface area contributed by atoms with Gasteiger partial charge in [-0.3, -0.25) is 4.48 Å². The second-order valence-electron chi connectivity index (χ2n) is 8.59. The third kappa shape index (κ3) is 6.19. The number of quaternary nitrogens is 1. The van der Waals surface area contributed by atoms with Crippen molar-refractivity contribution in [3.63, 3.8) is 0 Å². The number of hydrogen-bond acceptors (Lipinski definition) is 1. The Hall–Kier alpha value is -2.60. The van der Waals surface area contributed by atoms with Gasteiger partial charge < -0.3 is 0 Å². The number of likely N-dealkylation sites (N-methyl/N-ethyl adjacent to an activating group) is 1. The Bertz CT molecular complexity index is 1000. The van der Waals surface area contributed by atoms with E-state index in [2.05, 4.69) is 117 Å². The van der Waals surface area contributed by atoms with Crippen LogP contribution >= 0.6 is 11.3 Å². The highest BCUT2D eigenvalue weighted by atomic mass is 32.1. The van der Waals surface area contributed by atoms with Gasteiger partial charge in [-0.15, -0.1) is 0 Å². The second kappa shape index (κ2) is 9.27. The van der Waals surface area contributed by atoms with Crippen molar-refractivity contribution in [1.29, 1.82) is 0 Å². The first kappa shape index (κ1) is 21.1. The molecule has 1 aliphatic heterocycles. The zero-order valence-electron chi connectivity index (χ0n) is 17.8. The number of nitrogens with zero attached hydrogens (tertiary/aromatic N) is 1. The Morgan fingerprint density at radius 3 is 2.79 bits per heavy atom. The first-order valence-electron chi connectivity index (χ1n) is 9.97. The van der Waals surface area contributed by atoms with Crippen molar-refractivity contribution >= 4 is 17.4 Å². The topological polar surface area (TPSA) is 0 Å². The molecule has 2 heteroatoms. The average molecular weight is 400 g/mol. The quantitative estimate of drug-likeness (QED) is 0.386. The molecule has 0 bridgehead atoms. The molecule has 1 radical (unpaired) electrons. The largest absolute Gasteiger partial charge is 0.287 e. The summed E-state index contributed by atoms with van der Waals surface area (Å²) in [5, 5.41) is 4.31. The predicted molar refractivity (Wildman–Crippen MR) is 127 cm³/mol. The first-order chi connectivity index (χ1) is 13.9. The highest BCUT2D eigenvalue weighted by Gasteiger charge is 2.25. The minimum absolute atomic E-state index is 0.0387. The lowest BCUT2D eigenvalue weighted by Crippen LogP contribution is -2.43. The highest BCUT2D eigenvalue weighted by Crippen LogP contribution is 2.25. The summed E-state index contributed by atoms with van der Waals surface area (Å²) in [7, 11) is 2.26. The predicted octanol–water partition coefficient (Wildman–Crippen LogP) is 6.74. The normalized spacial score (nSPS) is 19.4. The second-order valence-corrected chi connectivity index (χ2v) is 9.37. The Balaban J connectivity index is 1.73. The van der Waals surface area contributed by atoms with Gasteiger partial charge in [0.1, 0.15) is 18.8 Å². The fourth-order valence-corrected chi connectivity index (χ4v) is 3.77. The molecule has 0 saturated carbocycles. The minimum atomic E-state index is 0.0387. The van der Waals surface area contributed by atoms with E-state index in [1.807, 2.05) is 6.08 Å². The molecule has 0 fully saturated rings. The van der Waals surface area contributed by atoms with E-state index >= 15 is 0 Å². The third-order valence-electron chi connectivity index (χ3n) is 4.81. The monoisotopic (exact) mass is 399 g/mol. The van der Waals surface area contributed by atoms with Gasteiger partial charge in [-0.1, -0.05) is 30.0 Å². The number of benzene rings is 1. The van der Waals surface area contributed by atoms with Crippen LogP contribution in [0.15, 0.2) is 77.2 Å². The molecular weight excluding hydrogens is 370 g/mol. The molecule has 147 valence electrons. The molecule has 0 N–H and O–H groups in total. The van der Waals surface area contributed by atoms with Crippen molar-refractivity contribution in [3.8, 4) is 23.0 Å². The van der Waals surface area contributed by atoms with Gasteiger partial charge in [0.25, 0.3) is 0 Å². The van der Waals surface area contributed by atoms with Crippen LogP contribution in [0.4, 0.5) is 0 Å². The van der Waals surface area contributed by atoms with Crippen molar-refractivity contribution < 1.29 is 4.48 Å². The van der Waals surface area contributed by atoms with Crippen LogP contribution < -0.4 is 0 Å². The molecule has 3 rings (SSSR count). The summed E-state index contributed by atoms with van der Waals surface area (Å²) in [6, 6.07) is 10.9. The molecule has 1 unspecified atom stereocenters. The van der Waals surface area contributed by atoms with Gasteiger partial charge in [-0.05, 0) is 96.8 Å². The van der Waals surface area contributed by atoms with Crippen LogP contribution in [0.3, 0.4) is 0 Å². The zero-order chi connectivity index (χ0) is 20.7. The zero-order valence-corrected chi connectivity index (χ0v) is 18.6. The van der Waals surface area contributed by atoms with Crippen LogP contribution in [0.2, 0.25) is 0 Å². The Labute approximate surface area is 180 Å². The van der Waals surface area contributed by atoms with Crippen LogP contribution in [0.5, 0.6) is 0 Å². The van der Waals surface area contributed by atoms with Crippen LogP contribution in [0.25, 0.3) is 17.2 Å². The molecule has 0 amide bonds. The van der Waals surface area contributed by atoms with Crippen molar-refractivity contribution in [3.05, 3.63) is 88.8 Å². The highest BCUT2D eigenvalue weighted by molar-refractivity contribution is 7.08. The molecule has 0 spiro atoms. The van der Waals surface area contributed by atoms with Crippen molar-refractivity contribution in [2.24, 2.45) is 5.41 Å². The molecule has 0 aliphatic carbocycles. The van der Waals surface area contributed by atoms with E-state index in [9.17, 15) is 0 Å². The molecule has 29 heavy (non-hydrogen) atoms. The minimum Gasteiger partial charge on any atom is -0.287 e. The van der Waals surface area contributed by atoms with Gasteiger partial charge >= 0.3 is 0 Å². The fourth-order valence-electron chi connectivity index (χ4n) is 3.10. The summed E-state index contributed by atoms with van der Waals surface area (Å²) >= 11 is 1.73. The van der Waals surface area contributed by atoms with Gasteiger partial charge in [0.2, 0.25) is 0 Å². The van der Waals surface area contributed by atoms with Gasteiger partial charge in [0.05, 0.1) is 7.05 Å². The maximum atomic E-state index is 3.28. The standard InChI is InChI=1S/C27H29NS/c1-27(2,3)17-7-5-8-18-28(4)19-9-6-13-26(28)15-14-23-11-10-12-24(21-23)25-16-20-29-22-25/h5,8-16,20-22H,18-19H2,1-4H3/q+1/b8-5?,15-14+. The van der Waals surface area contributed by atoms with Crippen LogP contribution in [-0.4, -0.2) is 24.6 Å². The van der Waals surface area contributed by atoms with E-state index in [4.69, 9.17) is 0 Å². The summed E-state index contributed by atoms with van der Waals surface area (Å²) in [5.41, 5.74) is 5.04. The van der Waals surface area contributed by atoms with Crippen LogP contribution in [-0.2, 0) is 0 Å². The Morgan fingerprint density at radius 2 is 2.03 bits per heavy atom. The number of rotatable bonds is 5. The maximum absolute atomic E-state index is 3.28. The van der Waals surface area contributed by atoms with Crippen molar-refractivity contribution in [1.82, 2.24) is 0 Å². The van der Waals surface area contributed by atoms with Gasteiger partial charge in [-0.2, -0.15) is 11.3 Å². The number of thiophene rings is 1. The van der Waals surface area contributed by atoms with Crippen molar-refractivity contribution in [2.75, 3.05) is 20.1 Å². The lowest BCUT2D eigenvalue weighted by molar-refractivity contribution is -0.858. The van der Waals surface area contributed by atoms with E-state index in [0.29, 0.717) is 0 Å². The Morgan fingerprint density at radius 1 is 1.17 bits per heavy atom. The molecule has 2 heterocycles. The number of hydrogen-bond donors (Lipinski definition) is 0. The van der Waals surface area contributed by atoms with Gasteiger partial charge in [0, 0.05) is 11.5 Å².